The van der Waals surface area contributed by atoms with Crippen LogP contribution in [0.25, 0.3) is 0 Å². The van der Waals surface area contributed by atoms with E-state index in [0.717, 1.165) is 29.9 Å². The molecule has 0 N–H and O–H groups in total. The van der Waals surface area contributed by atoms with Crippen molar-refractivity contribution in [1.82, 2.24) is 0 Å². The Morgan fingerprint density at radius 1 is 1.17 bits per heavy atom. The maximum Gasteiger partial charge on any atom is 0.122 e. The molecule has 0 aliphatic rings. The van der Waals surface area contributed by atoms with Gasteiger partial charge >= 0.3 is 0 Å². The summed E-state index contributed by atoms with van der Waals surface area (Å²) in [5.74, 6) is 4.28. The zero-order valence-electron chi connectivity index (χ0n) is 11.1. The molecule has 3 heteroatoms. The summed E-state index contributed by atoms with van der Waals surface area (Å²) in [5.41, 5.74) is 1.14. The minimum atomic E-state index is 0.631. The number of benzene rings is 1. The van der Waals surface area contributed by atoms with Crippen LogP contribution in [0.1, 0.15) is 18.4 Å². The van der Waals surface area contributed by atoms with Crippen LogP contribution >= 0.6 is 0 Å². The summed E-state index contributed by atoms with van der Waals surface area (Å²) in [7, 11) is 3.34. The molecule has 0 bridgehead atoms. The Kier molecular flexibility index (Phi) is 6.75. The van der Waals surface area contributed by atoms with Crippen molar-refractivity contribution < 1.29 is 14.2 Å². The van der Waals surface area contributed by atoms with Crippen LogP contribution in [0.15, 0.2) is 18.2 Å². The molecule has 0 aromatic heterocycles. The van der Waals surface area contributed by atoms with Gasteiger partial charge in [0, 0.05) is 13.0 Å². The van der Waals surface area contributed by atoms with Gasteiger partial charge in [0.25, 0.3) is 0 Å². The SMILES string of the molecule is C#CCCOCCCc1cc(OC)ccc1OC. The minimum Gasteiger partial charge on any atom is -0.497 e. The third-order valence-electron chi connectivity index (χ3n) is 2.61. The molecule has 1 rings (SSSR count). The molecule has 0 amide bonds. The average Bonchev–Trinajstić information content (AvgIpc) is 2.42. The van der Waals surface area contributed by atoms with Gasteiger partial charge in [-0.25, -0.2) is 0 Å². The van der Waals surface area contributed by atoms with Crippen molar-refractivity contribution >= 4 is 0 Å². The zero-order chi connectivity index (χ0) is 13.2. The Balaban J connectivity index is 2.42. The molecule has 0 aliphatic heterocycles. The van der Waals surface area contributed by atoms with Gasteiger partial charge in [-0.1, -0.05) is 0 Å². The first-order valence-electron chi connectivity index (χ1n) is 6.04. The summed E-state index contributed by atoms with van der Waals surface area (Å²) in [5, 5.41) is 0. The van der Waals surface area contributed by atoms with Crippen LogP contribution in [0.2, 0.25) is 0 Å². The van der Waals surface area contributed by atoms with Crippen molar-refractivity contribution in [3.05, 3.63) is 23.8 Å². The highest BCUT2D eigenvalue weighted by molar-refractivity contribution is 5.40. The molecular formula is C15H20O3. The standard InChI is InChI=1S/C15H20O3/c1-4-5-10-18-11-6-7-13-12-14(16-2)8-9-15(13)17-3/h1,8-9,12H,5-7,10-11H2,2-3H3. The minimum absolute atomic E-state index is 0.631. The lowest BCUT2D eigenvalue weighted by Crippen LogP contribution is -2.00. The molecule has 0 saturated heterocycles. The van der Waals surface area contributed by atoms with Crippen molar-refractivity contribution in [3.63, 3.8) is 0 Å². The fourth-order valence-corrected chi connectivity index (χ4v) is 1.68. The predicted molar refractivity (Wildman–Crippen MR) is 72.1 cm³/mol. The summed E-state index contributed by atoms with van der Waals surface area (Å²) < 4.78 is 15.9. The second-order valence-corrected chi connectivity index (χ2v) is 3.85. The van der Waals surface area contributed by atoms with Crippen molar-refractivity contribution in [2.24, 2.45) is 0 Å². The van der Waals surface area contributed by atoms with Gasteiger partial charge in [0.2, 0.25) is 0 Å². The number of rotatable bonds is 8. The number of aryl methyl sites for hydroxylation is 1. The number of methoxy groups -OCH3 is 2. The Bertz CT molecular complexity index is 393. The van der Waals surface area contributed by atoms with Gasteiger partial charge in [-0.15, -0.1) is 12.3 Å². The van der Waals surface area contributed by atoms with Crippen LogP contribution in [0.5, 0.6) is 11.5 Å². The van der Waals surface area contributed by atoms with Gasteiger partial charge in [-0.3, -0.25) is 0 Å². The Morgan fingerprint density at radius 2 is 2.00 bits per heavy atom. The third-order valence-corrected chi connectivity index (χ3v) is 2.61. The van der Waals surface area contributed by atoms with Crippen LogP contribution in [-0.4, -0.2) is 27.4 Å². The normalized spacial score (nSPS) is 9.83. The van der Waals surface area contributed by atoms with Gasteiger partial charge in [0.15, 0.2) is 0 Å². The van der Waals surface area contributed by atoms with Crippen LogP contribution in [0.4, 0.5) is 0 Å². The van der Waals surface area contributed by atoms with E-state index in [0.29, 0.717) is 19.6 Å². The molecule has 3 nitrogen and oxygen atoms in total. The van der Waals surface area contributed by atoms with Gasteiger partial charge < -0.3 is 14.2 Å². The van der Waals surface area contributed by atoms with E-state index in [1.54, 1.807) is 14.2 Å². The average molecular weight is 248 g/mol. The molecule has 0 spiro atoms. The topological polar surface area (TPSA) is 27.7 Å². The summed E-state index contributed by atoms with van der Waals surface area (Å²) in [6, 6.07) is 5.82. The lowest BCUT2D eigenvalue weighted by molar-refractivity contribution is 0.137. The molecule has 0 radical (unpaired) electrons. The van der Waals surface area contributed by atoms with Crippen molar-refractivity contribution in [2.75, 3.05) is 27.4 Å². The highest BCUT2D eigenvalue weighted by atomic mass is 16.5. The van der Waals surface area contributed by atoms with Crippen LogP contribution in [-0.2, 0) is 11.2 Å². The smallest absolute Gasteiger partial charge is 0.122 e. The fourth-order valence-electron chi connectivity index (χ4n) is 1.68. The Morgan fingerprint density at radius 3 is 2.67 bits per heavy atom. The lowest BCUT2D eigenvalue weighted by Gasteiger charge is -2.10. The van der Waals surface area contributed by atoms with E-state index < -0.39 is 0 Å². The largest absolute Gasteiger partial charge is 0.497 e. The number of ether oxygens (including phenoxy) is 3. The van der Waals surface area contributed by atoms with E-state index in [-0.39, 0.29) is 0 Å². The summed E-state index contributed by atoms with van der Waals surface area (Å²) in [4.78, 5) is 0. The predicted octanol–water partition coefficient (Wildman–Crippen LogP) is 2.68. The van der Waals surface area contributed by atoms with E-state index in [1.165, 1.54) is 0 Å². The lowest BCUT2D eigenvalue weighted by atomic mass is 10.1. The van der Waals surface area contributed by atoms with Crippen LogP contribution < -0.4 is 9.47 Å². The second kappa shape index (κ2) is 8.43. The van der Waals surface area contributed by atoms with Gasteiger partial charge in [0.1, 0.15) is 11.5 Å². The molecule has 0 aliphatic carbocycles. The maximum atomic E-state index is 5.41. The van der Waals surface area contributed by atoms with E-state index in [9.17, 15) is 0 Å². The van der Waals surface area contributed by atoms with Crippen LogP contribution in [0.3, 0.4) is 0 Å². The van der Waals surface area contributed by atoms with Crippen molar-refractivity contribution in [2.45, 2.75) is 19.3 Å². The summed E-state index contributed by atoms with van der Waals surface area (Å²) >= 11 is 0. The summed E-state index contributed by atoms with van der Waals surface area (Å²) in [6.45, 7) is 1.34. The number of hydrogen-bond donors (Lipinski definition) is 0. The van der Waals surface area contributed by atoms with Gasteiger partial charge in [0.05, 0.1) is 20.8 Å². The molecular weight excluding hydrogens is 228 g/mol. The van der Waals surface area contributed by atoms with E-state index >= 15 is 0 Å². The first kappa shape index (κ1) is 14.4. The first-order valence-corrected chi connectivity index (χ1v) is 6.04. The van der Waals surface area contributed by atoms with Crippen molar-refractivity contribution in [1.29, 1.82) is 0 Å². The quantitative estimate of drug-likeness (QED) is 0.523. The fraction of sp³-hybridized carbons (Fsp3) is 0.467. The highest BCUT2D eigenvalue weighted by Crippen LogP contribution is 2.24. The molecule has 0 saturated carbocycles. The molecule has 18 heavy (non-hydrogen) atoms. The number of hydrogen-bond acceptors (Lipinski definition) is 3. The first-order chi connectivity index (χ1) is 8.81. The molecule has 0 unspecified atom stereocenters. The van der Waals surface area contributed by atoms with E-state index in [1.807, 2.05) is 18.2 Å². The maximum absolute atomic E-state index is 5.41. The third kappa shape index (κ3) is 4.68. The highest BCUT2D eigenvalue weighted by Gasteiger charge is 2.04. The monoisotopic (exact) mass is 248 g/mol. The van der Waals surface area contributed by atoms with Crippen LogP contribution in [0, 0.1) is 12.3 Å². The zero-order valence-corrected chi connectivity index (χ0v) is 11.1. The molecule has 1 aromatic rings. The summed E-state index contributed by atoms with van der Waals surface area (Å²) in [6.07, 6.45) is 7.65. The molecule has 0 atom stereocenters. The molecule has 98 valence electrons. The molecule has 0 fully saturated rings. The van der Waals surface area contributed by atoms with E-state index in [4.69, 9.17) is 20.6 Å². The Hall–Kier alpha value is -1.66. The van der Waals surface area contributed by atoms with E-state index in [2.05, 4.69) is 5.92 Å². The van der Waals surface area contributed by atoms with Gasteiger partial charge in [-0.2, -0.15) is 0 Å². The van der Waals surface area contributed by atoms with Crippen molar-refractivity contribution in [3.8, 4) is 23.8 Å². The molecule has 0 heterocycles. The second-order valence-electron chi connectivity index (χ2n) is 3.85. The molecule has 1 aromatic carbocycles. The Labute approximate surface area is 109 Å². The number of terminal acetylenes is 1. The van der Waals surface area contributed by atoms with Gasteiger partial charge in [-0.05, 0) is 36.6 Å².